The fraction of sp³-hybridized carbons (Fsp3) is 0.455. The Kier molecular flexibility index (Phi) is 2.77. The molecule has 15 heavy (non-hydrogen) atoms. The molecule has 1 saturated carbocycles. The lowest BCUT2D eigenvalue weighted by atomic mass is 9.66. The summed E-state index contributed by atoms with van der Waals surface area (Å²) in [5, 5.41) is 0. The van der Waals surface area contributed by atoms with Crippen molar-refractivity contribution in [3.8, 4) is 0 Å². The van der Waals surface area contributed by atoms with Crippen LogP contribution in [-0.2, 0) is 14.5 Å². The molecule has 4 heteroatoms. The van der Waals surface area contributed by atoms with Gasteiger partial charge in [0.05, 0.1) is 5.75 Å². The van der Waals surface area contributed by atoms with Gasteiger partial charge in [-0.05, 0) is 18.4 Å². The summed E-state index contributed by atoms with van der Waals surface area (Å²) in [4.78, 5) is 0. The minimum atomic E-state index is -3.42. The summed E-state index contributed by atoms with van der Waals surface area (Å²) in [5.41, 5.74) is 0.877. The Morgan fingerprint density at radius 3 is 2.20 bits per heavy atom. The molecule has 0 N–H and O–H groups in total. The third-order valence-electron chi connectivity index (χ3n) is 3.15. The number of hydrogen-bond acceptors (Lipinski definition) is 2. The molecule has 0 atom stereocenters. The Bertz CT molecular complexity index is 435. The van der Waals surface area contributed by atoms with E-state index in [0.717, 1.165) is 24.8 Å². The summed E-state index contributed by atoms with van der Waals surface area (Å²) >= 11 is 0. The second kappa shape index (κ2) is 3.80. The molecule has 0 spiro atoms. The number of benzene rings is 1. The van der Waals surface area contributed by atoms with Crippen LogP contribution >= 0.6 is 10.7 Å². The van der Waals surface area contributed by atoms with Gasteiger partial charge in [0.2, 0.25) is 9.05 Å². The molecule has 0 saturated heterocycles. The van der Waals surface area contributed by atoms with Crippen molar-refractivity contribution < 1.29 is 8.42 Å². The maximum absolute atomic E-state index is 11.2. The van der Waals surface area contributed by atoms with Crippen LogP contribution in [0.15, 0.2) is 30.3 Å². The Labute approximate surface area is 94.7 Å². The molecule has 1 aliphatic rings. The molecular formula is C11H13ClO2S. The van der Waals surface area contributed by atoms with E-state index in [9.17, 15) is 8.42 Å². The molecule has 0 unspecified atom stereocenters. The van der Waals surface area contributed by atoms with Gasteiger partial charge in [0, 0.05) is 16.1 Å². The van der Waals surface area contributed by atoms with Crippen molar-refractivity contribution in [3.63, 3.8) is 0 Å². The Morgan fingerprint density at radius 1 is 1.20 bits per heavy atom. The lowest BCUT2D eigenvalue weighted by molar-refractivity contribution is 0.275. The van der Waals surface area contributed by atoms with E-state index >= 15 is 0 Å². The van der Waals surface area contributed by atoms with Gasteiger partial charge in [0.1, 0.15) is 0 Å². The van der Waals surface area contributed by atoms with Gasteiger partial charge in [-0.3, -0.25) is 0 Å². The topological polar surface area (TPSA) is 34.1 Å². The number of hydrogen-bond donors (Lipinski definition) is 0. The number of rotatable bonds is 3. The van der Waals surface area contributed by atoms with Crippen LogP contribution in [0, 0.1) is 0 Å². The van der Waals surface area contributed by atoms with Crippen molar-refractivity contribution >= 4 is 19.7 Å². The van der Waals surface area contributed by atoms with Gasteiger partial charge in [-0.1, -0.05) is 36.8 Å². The van der Waals surface area contributed by atoms with E-state index in [1.807, 2.05) is 30.3 Å². The Balaban J connectivity index is 2.31. The third-order valence-corrected chi connectivity index (χ3v) is 4.37. The van der Waals surface area contributed by atoms with Gasteiger partial charge in [0.25, 0.3) is 0 Å². The highest BCUT2D eigenvalue weighted by atomic mass is 35.7. The van der Waals surface area contributed by atoms with Crippen LogP contribution in [0.25, 0.3) is 0 Å². The van der Waals surface area contributed by atoms with Crippen LogP contribution in [0.4, 0.5) is 0 Å². The lowest BCUT2D eigenvalue weighted by Crippen LogP contribution is -2.39. The molecule has 0 heterocycles. The molecule has 0 aromatic heterocycles. The van der Waals surface area contributed by atoms with Crippen molar-refractivity contribution in [2.24, 2.45) is 0 Å². The Hall–Kier alpha value is -0.540. The molecule has 1 aliphatic carbocycles. The largest absolute Gasteiger partial charge is 0.233 e. The van der Waals surface area contributed by atoms with Crippen molar-refractivity contribution in [2.75, 3.05) is 5.75 Å². The van der Waals surface area contributed by atoms with Gasteiger partial charge in [-0.15, -0.1) is 0 Å². The molecule has 1 fully saturated rings. The second-order valence-corrected chi connectivity index (χ2v) is 6.96. The minimum absolute atomic E-state index is 0.0611. The van der Waals surface area contributed by atoms with E-state index in [2.05, 4.69) is 0 Å². The smallest absolute Gasteiger partial charge is 0.212 e. The molecule has 0 radical (unpaired) electrons. The standard InChI is InChI=1S/C11H13ClO2S/c12-15(13,14)9-11(7-4-8-11)10-5-2-1-3-6-10/h1-3,5-6H,4,7-9H2. The monoisotopic (exact) mass is 244 g/mol. The summed E-state index contributed by atoms with van der Waals surface area (Å²) in [6, 6.07) is 9.79. The van der Waals surface area contributed by atoms with Crippen LogP contribution in [0.2, 0.25) is 0 Å². The predicted octanol–water partition coefficient (Wildman–Crippen LogP) is 2.68. The molecule has 1 aromatic rings. The van der Waals surface area contributed by atoms with Crippen LogP contribution in [0.3, 0.4) is 0 Å². The molecule has 0 bridgehead atoms. The molecule has 2 rings (SSSR count). The van der Waals surface area contributed by atoms with E-state index < -0.39 is 9.05 Å². The van der Waals surface area contributed by atoms with Gasteiger partial charge in [-0.2, -0.15) is 0 Å². The first-order valence-corrected chi connectivity index (χ1v) is 7.48. The highest BCUT2D eigenvalue weighted by Crippen LogP contribution is 2.45. The van der Waals surface area contributed by atoms with Gasteiger partial charge in [0.15, 0.2) is 0 Å². The van der Waals surface area contributed by atoms with E-state index in [4.69, 9.17) is 10.7 Å². The third kappa shape index (κ3) is 2.34. The average Bonchev–Trinajstić information content (AvgIpc) is 2.11. The zero-order valence-corrected chi connectivity index (χ0v) is 9.89. The highest BCUT2D eigenvalue weighted by Gasteiger charge is 2.41. The Morgan fingerprint density at radius 2 is 1.80 bits per heavy atom. The van der Waals surface area contributed by atoms with Crippen molar-refractivity contribution in [3.05, 3.63) is 35.9 Å². The lowest BCUT2D eigenvalue weighted by Gasteiger charge is -2.41. The van der Waals surface area contributed by atoms with Gasteiger partial charge in [-0.25, -0.2) is 8.42 Å². The average molecular weight is 245 g/mol. The van der Waals surface area contributed by atoms with Crippen LogP contribution in [0.1, 0.15) is 24.8 Å². The first-order chi connectivity index (χ1) is 7.02. The fourth-order valence-corrected chi connectivity index (χ4v) is 3.98. The minimum Gasteiger partial charge on any atom is -0.212 e. The summed E-state index contributed by atoms with van der Waals surface area (Å²) < 4.78 is 22.4. The maximum Gasteiger partial charge on any atom is 0.233 e. The van der Waals surface area contributed by atoms with Crippen LogP contribution in [-0.4, -0.2) is 14.2 Å². The fourth-order valence-electron chi connectivity index (χ4n) is 2.24. The van der Waals surface area contributed by atoms with Crippen LogP contribution < -0.4 is 0 Å². The molecule has 2 nitrogen and oxygen atoms in total. The molecule has 0 aliphatic heterocycles. The summed E-state index contributed by atoms with van der Waals surface area (Å²) in [6.45, 7) is 0. The number of halogens is 1. The van der Waals surface area contributed by atoms with Crippen molar-refractivity contribution in [1.82, 2.24) is 0 Å². The van der Waals surface area contributed by atoms with Gasteiger partial charge < -0.3 is 0 Å². The van der Waals surface area contributed by atoms with Gasteiger partial charge >= 0.3 is 0 Å². The molecule has 1 aromatic carbocycles. The van der Waals surface area contributed by atoms with E-state index in [1.54, 1.807) is 0 Å². The summed E-state index contributed by atoms with van der Waals surface area (Å²) in [6.07, 6.45) is 2.92. The SMILES string of the molecule is O=S(=O)(Cl)CC1(c2ccccc2)CCC1. The second-order valence-electron chi connectivity index (χ2n) is 4.18. The zero-order valence-electron chi connectivity index (χ0n) is 8.32. The van der Waals surface area contributed by atoms with Crippen molar-refractivity contribution in [2.45, 2.75) is 24.7 Å². The summed E-state index contributed by atoms with van der Waals surface area (Å²) in [5.74, 6) is 0.0611. The summed E-state index contributed by atoms with van der Waals surface area (Å²) in [7, 11) is 1.93. The normalized spacial score (nSPS) is 19.5. The van der Waals surface area contributed by atoms with Crippen LogP contribution in [0.5, 0.6) is 0 Å². The van der Waals surface area contributed by atoms with E-state index in [1.165, 1.54) is 0 Å². The van der Waals surface area contributed by atoms with Crippen molar-refractivity contribution in [1.29, 1.82) is 0 Å². The maximum atomic E-state index is 11.2. The molecule has 82 valence electrons. The molecular weight excluding hydrogens is 232 g/mol. The highest BCUT2D eigenvalue weighted by molar-refractivity contribution is 8.13. The van der Waals surface area contributed by atoms with E-state index in [0.29, 0.717) is 0 Å². The quantitative estimate of drug-likeness (QED) is 0.767. The first kappa shape index (κ1) is 11.0. The molecule has 0 amide bonds. The predicted molar refractivity (Wildman–Crippen MR) is 61.6 cm³/mol. The zero-order chi connectivity index (χ0) is 10.9. The van der Waals surface area contributed by atoms with E-state index in [-0.39, 0.29) is 11.2 Å². The first-order valence-electron chi connectivity index (χ1n) is 5.00.